The van der Waals surface area contributed by atoms with Crippen LogP contribution in [0.2, 0.25) is 0 Å². The Hall–Kier alpha value is -1.21. The average Bonchev–Trinajstić information content (AvgIpc) is 3.46. The van der Waals surface area contributed by atoms with Crippen molar-refractivity contribution in [2.45, 2.75) is 436 Å². The summed E-state index contributed by atoms with van der Waals surface area (Å²) >= 11 is 0. The summed E-state index contributed by atoms with van der Waals surface area (Å²) in [6.45, 7) is 4.10. The van der Waals surface area contributed by atoms with E-state index in [1.54, 1.807) is 0 Å². The van der Waals surface area contributed by atoms with Crippen molar-refractivity contribution in [3.05, 3.63) is 24.3 Å². The van der Waals surface area contributed by atoms with Crippen LogP contribution in [0, 0.1) is 0 Å². The summed E-state index contributed by atoms with van der Waals surface area (Å²) in [5.41, 5.74) is 0. The van der Waals surface area contributed by atoms with Gasteiger partial charge in [-0.05, 0) is 51.4 Å². The van der Waals surface area contributed by atoms with Gasteiger partial charge in [-0.25, -0.2) is 0 Å². The fourth-order valence-electron chi connectivity index (χ4n) is 12.0. The van der Waals surface area contributed by atoms with Gasteiger partial charge < -0.3 is 25.7 Å². The fraction of sp³-hybridized carbons (Fsp3) is 0.932. The molecule has 0 radical (unpaired) electrons. The quantitative estimate of drug-likeness (QED) is 0.0308. The lowest BCUT2D eigenvalue weighted by molar-refractivity contribution is -0.132. The van der Waals surface area contributed by atoms with E-state index in [2.05, 4.69) is 43.5 Å². The summed E-state index contributed by atoms with van der Waals surface area (Å²) in [6, 6.07) is -1.01. The van der Waals surface area contributed by atoms with Crippen LogP contribution in [-0.2, 0) is 4.79 Å². The standard InChI is InChI=1S/C74H145NO5/c1-3-5-7-9-11-13-15-17-19-21-23-25-27-29-31-33-35-37-39-41-43-45-47-49-51-53-55-57-59-61-63-65-67-71(77)73(79)70(69-76)75-74(80)72(78)68-66-64-62-60-58-56-54-52-50-48-46-44-42-40-38-36-34-32-30-28-26-24-22-20-18-16-14-12-10-8-6-4-2/h51,53,59,61,70-73,76-79H,3-50,52,54-58,60,62-69H2,1-2H3,(H,75,80)/b53-51+,61-59+. The third-order valence-corrected chi connectivity index (χ3v) is 17.6. The number of allylic oxidation sites excluding steroid dienone is 4. The summed E-state index contributed by atoms with van der Waals surface area (Å²) < 4.78 is 0. The maximum Gasteiger partial charge on any atom is 0.249 e. The Morgan fingerprint density at radius 2 is 0.525 bits per heavy atom. The largest absolute Gasteiger partial charge is 0.394 e. The van der Waals surface area contributed by atoms with Crippen molar-refractivity contribution < 1.29 is 25.2 Å². The molecule has 4 unspecified atom stereocenters. The number of hydrogen-bond acceptors (Lipinski definition) is 5. The Morgan fingerprint density at radius 3 is 0.787 bits per heavy atom. The van der Waals surface area contributed by atoms with E-state index in [0.717, 1.165) is 38.5 Å². The second-order valence-electron chi connectivity index (χ2n) is 25.6. The second kappa shape index (κ2) is 68.6. The van der Waals surface area contributed by atoms with Gasteiger partial charge in [0.05, 0.1) is 18.8 Å². The lowest BCUT2D eigenvalue weighted by Crippen LogP contribution is -2.53. The van der Waals surface area contributed by atoms with Crippen LogP contribution < -0.4 is 5.32 Å². The molecule has 0 saturated carbocycles. The first kappa shape index (κ1) is 78.8. The van der Waals surface area contributed by atoms with Crippen LogP contribution in [0.1, 0.15) is 412 Å². The van der Waals surface area contributed by atoms with Crippen LogP contribution in [-0.4, -0.2) is 57.3 Å². The summed E-state index contributed by atoms with van der Waals surface area (Å²) in [5.74, 6) is -0.589. The van der Waals surface area contributed by atoms with E-state index < -0.39 is 36.9 Å². The molecular formula is C74H145NO5. The third-order valence-electron chi connectivity index (χ3n) is 17.6. The minimum atomic E-state index is -1.29. The molecule has 476 valence electrons. The highest BCUT2D eigenvalue weighted by Gasteiger charge is 2.28. The SMILES string of the molecule is CCCCCCCCCCCCCCCCCCCCCCCCC/C=C/CC/C=C/CCCC(O)C(O)C(CO)NC(=O)C(O)CCCCCCCCCCCCCCCCCCCCCCCCCCCCCCCCCC. The van der Waals surface area contributed by atoms with E-state index in [-0.39, 0.29) is 0 Å². The molecule has 5 N–H and O–H groups in total. The molecule has 0 aliphatic carbocycles. The van der Waals surface area contributed by atoms with Crippen molar-refractivity contribution in [2.75, 3.05) is 6.61 Å². The number of aliphatic hydroxyl groups excluding tert-OH is 4. The van der Waals surface area contributed by atoms with Crippen LogP contribution in [0.25, 0.3) is 0 Å². The Kier molecular flexibility index (Phi) is 67.5. The lowest BCUT2D eigenvalue weighted by atomic mass is 10.00. The van der Waals surface area contributed by atoms with Crippen molar-refractivity contribution in [1.82, 2.24) is 5.32 Å². The predicted octanol–water partition coefficient (Wildman–Crippen LogP) is 22.9. The number of hydrogen-bond donors (Lipinski definition) is 5. The molecule has 0 heterocycles. The molecule has 0 rings (SSSR count). The highest BCUT2D eigenvalue weighted by atomic mass is 16.3. The molecule has 0 saturated heterocycles. The van der Waals surface area contributed by atoms with Gasteiger partial charge in [-0.2, -0.15) is 0 Å². The van der Waals surface area contributed by atoms with E-state index in [4.69, 9.17) is 0 Å². The van der Waals surface area contributed by atoms with Crippen molar-refractivity contribution in [2.24, 2.45) is 0 Å². The predicted molar refractivity (Wildman–Crippen MR) is 353 cm³/mol. The number of carbonyl (C=O) groups is 1. The van der Waals surface area contributed by atoms with Gasteiger partial charge in [0.25, 0.3) is 0 Å². The number of carbonyl (C=O) groups excluding carboxylic acids is 1. The smallest absolute Gasteiger partial charge is 0.249 e. The number of aliphatic hydroxyl groups is 4. The molecule has 0 aromatic heterocycles. The van der Waals surface area contributed by atoms with Gasteiger partial charge in [0, 0.05) is 0 Å². The Balaban J connectivity index is 3.55. The van der Waals surface area contributed by atoms with Gasteiger partial charge in [0.2, 0.25) is 5.91 Å². The molecule has 4 atom stereocenters. The van der Waals surface area contributed by atoms with Gasteiger partial charge in [-0.3, -0.25) is 4.79 Å². The van der Waals surface area contributed by atoms with Gasteiger partial charge in [-0.15, -0.1) is 0 Å². The summed E-state index contributed by atoms with van der Waals surface area (Å²) in [7, 11) is 0. The van der Waals surface area contributed by atoms with E-state index in [1.807, 2.05) is 0 Å². The monoisotopic (exact) mass is 1130 g/mol. The molecule has 0 aromatic carbocycles. The molecule has 80 heavy (non-hydrogen) atoms. The van der Waals surface area contributed by atoms with E-state index in [9.17, 15) is 25.2 Å². The van der Waals surface area contributed by atoms with E-state index in [0.29, 0.717) is 19.3 Å². The summed E-state index contributed by atoms with van der Waals surface area (Å²) in [5, 5.41) is 44.2. The highest BCUT2D eigenvalue weighted by Crippen LogP contribution is 2.20. The molecular weight excluding hydrogens is 983 g/mol. The first-order valence-electron chi connectivity index (χ1n) is 36.7. The third kappa shape index (κ3) is 61.4. The van der Waals surface area contributed by atoms with Gasteiger partial charge in [0.15, 0.2) is 0 Å². The Morgan fingerprint density at radius 1 is 0.300 bits per heavy atom. The average molecular weight is 1130 g/mol. The van der Waals surface area contributed by atoms with Crippen molar-refractivity contribution in [3.8, 4) is 0 Å². The zero-order valence-electron chi connectivity index (χ0n) is 54.4. The maximum atomic E-state index is 12.7. The zero-order valence-corrected chi connectivity index (χ0v) is 54.4. The summed E-state index contributed by atoms with van der Waals surface area (Å²) in [6.07, 6.45) is 87.6. The Labute approximate surface area is 501 Å². The van der Waals surface area contributed by atoms with Gasteiger partial charge in [-0.1, -0.05) is 385 Å². The van der Waals surface area contributed by atoms with Crippen LogP contribution >= 0.6 is 0 Å². The van der Waals surface area contributed by atoms with E-state index in [1.165, 1.54) is 340 Å². The van der Waals surface area contributed by atoms with Crippen LogP contribution in [0.3, 0.4) is 0 Å². The van der Waals surface area contributed by atoms with Crippen LogP contribution in [0.5, 0.6) is 0 Å². The van der Waals surface area contributed by atoms with Gasteiger partial charge >= 0.3 is 0 Å². The lowest BCUT2D eigenvalue weighted by Gasteiger charge is -2.27. The first-order chi connectivity index (χ1) is 39.5. The highest BCUT2D eigenvalue weighted by molar-refractivity contribution is 5.80. The fourth-order valence-corrected chi connectivity index (χ4v) is 12.0. The first-order valence-corrected chi connectivity index (χ1v) is 36.7. The Bertz CT molecular complexity index is 1220. The molecule has 1 amide bonds. The van der Waals surface area contributed by atoms with Crippen LogP contribution in [0.4, 0.5) is 0 Å². The van der Waals surface area contributed by atoms with Crippen LogP contribution in [0.15, 0.2) is 24.3 Å². The molecule has 0 bridgehead atoms. The van der Waals surface area contributed by atoms with Gasteiger partial charge in [0.1, 0.15) is 12.2 Å². The van der Waals surface area contributed by atoms with Crippen molar-refractivity contribution >= 4 is 5.91 Å². The second-order valence-corrected chi connectivity index (χ2v) is 25.6. The molecule has 6 heteroatoms. The topological polar surface area (TPSA) is 110 Å². The molecule has 0 aromatic rings. The summed E-state index contributed by atoms with van der Waals surface area (Å²) in [4.78, 5) is 12.7. The van der Waals surface area contributed by atoms with Crippen molar-refractivity contribution in [1.29, 1.82) is 0 Å². The number of unbranched alkanes of at least 4 members (excludes halogenated alkanes) is 56. The minimum Gasteiger partial charge on any atom is -0.394 e. The number of rotatable bonds is 69. The number of amides is 1. The maximum absolute atomic E-state index is 12.7. The molecule has 0 fully saturated rings. The molecule has 0 aliphatic rings. The number of nitrogens with one attached hydrogen (secondary N) is 1. The van der Waals surface area contributed by atoms with E-state index >= 15 is 0 Å². The normalized spacial score (nSPS) is 13.5. The molecule has 0 aliphatic heterocycles. The molecule has 0 spiro atoms. The minimum absolute atomic E-state index is 0.365. The molecule has 6 nitrogen and oxygen atoms in total. The zero-order chi connectivity index (χ0) is 58.0. The van der Waals surface area contributed by atoms with Crippen molar-refractivity contribution in [3.63, 3.8) is 0 Å².